The van der Waals surface area contributed by atoms with Crippen LogP contribution in [0.5, 0.6) is 23.0 Å². The van der Waals surface area contributed by atoms with Crippen molar-refractivity contribution in [1.29, 1.82) is 0 Å². The summed E-state index contributed by atoms with van der Waals surface area (Å²) >= 11 is 0. The van der Waals surface area contributed by atoms with Crippen molar-refractivity contribution in [3.8, 4) is 23.0 Å². The number of hydrogen-bond acceptors (Lipinski definition) is 5. The van der Waals surface area contributed by atoms with Gasteiger partial charge in [-0.1, -0.05) is 60.7 Å². The number of hydrogen-bond donors (Lipinski definition) is 2. The van der Waals surface area contributed by atoms with Gasteiger partial charge in [-0.2, -0.15) is 0 Å². The van der Waals surface area contributed by atoms with Crippen molar-refractivity contribution in [3.63, 3.8) is 0 Å². The molecular weight excluding hydrogens is 476 g/mol. The highest BCUT2D eigenvalue weighted by Crippen LogP contribution is 2.30. The molecule has 3 N–H and O–H groups in total. The van der Waals surface area contributed by atoms with E-state index in [1.54, 1.807) is 0 Å². The van der Waals surface area contributed by atoms with Gasteiger partial charge in [0.15, 0.2) is 0 Å². The Bertz CT molecular complexity index is 1280. The van der Waals surface area contributed by atoms with E-state index in [2.05, 4.69) is 4.90 Å². The minimum atomic E-state index is -1.00. The van der Waals surface area contributed by atoms with Crippen molar-refractivity contribution in [2.75, 3.05) is 6.54 Å². The lowest BCUT2D eigenvalue weighted by Gasteiger charge is -2.25. The molecule has 4 aromatic carbocycles. The summed E-state index contributed by atoms with van der Waals surface area (Å²) in [5, 5.41) is 9.35. The molecule has 0 unspecified atom stereocenters. The fourth-order valence-corrected chi connectivity index (χ4v) is 4.22. The summed E-state index contributed by atoms with van der Waals surface area (Å²) in [6, 6.07) is 30.8. The van der Waals surface area contributed by atoms with Crippen molar-refractivity contribution < 1.29 is 19.4 Å². The molecule has 196 valence electrons. The topological polar surface area (TPSA) is 85.0 Å². The molecule has 0 aliphatic heterocycles. The van der Waals surface area contributed by atoms with Gasteiger partial charge in [0.05, 0.1) is 0 Å². The molecule has 0 aliphatic carbocycles. The quantitative estimate of drug-likeness (QED) is 0.221. The number of carboxylic acids is 1. The van der Waals surface area contributed by atoms with Crippen LogP contribution >= 0.6 is 0 Å². The number of rotatable bonds is 12. The fraction of sp³-hybridized carbons (Fsp3) is 0.219. The molecule has 0 bridgehead atoms. The van der Waals surface area contributed by atoms with E-state index in [0.717, 1.165) is 45.3 Å². The molecule has 0 radical (unpaired) electrons. The van der Waals surface area contributed by atoms with Crippen LogP contribution in [0, 0.1) is 13.8 Å². The van der Waals surface area contributed by atoms with Crippen LogP contribution in [0.4, 0.5) is 0 Å². The predicted molar refractivity (Wildman–Crippen MR) is 150 cm³/mol. The van der Waals surface area contributed by atoms with Gasteiger partial charge in [-0.25, -0.2) is 0 Å². The summed E-state index contributed by atoms with van der Waals surface area (Å²) in [6.07, 6.45) is 0.317. The Kier molecular flexibility index (Phi) is 9.14. The molecular formula is C32H34N2O4. The molecule has 6 heteroatoms. The average Bonchev–Trinajstić information content (AvgIpc) is 2.89. The highest BCUT2D eigenvalue weighted by Gasteiger charge is 2.18. The Labute approximate surface area is 224 Å². The summed E-state index contributed by atoms with van der Waals surface area (Å²) in [5.41, 5.74) is 10.1. The molecule has 38 heavy (non-hydrogen) atoms. The standard InChI is InChI=1S/C32H34N2O4/c1-23-9-7-13-27(19-23)37-30-15-5-3-11-25(30)21-34(18-17-29(33)32(35)36)22-26-12-4-6-16-31(26)38-28-14-8-10-24(2)20-28/h3-16,19-20,29H,17-18,21-22,33H2,1-2H3,(H,35,36)/t29-/m0/s1. The van der Waals surface area contributed by atoms with Gasteiger partial charge in [-0.15, -0.1) is 0 Å². The van der Waals surface area contributed by atoms with Crippen LogP contribution in [0.1, 0.15) is 28.7 Å². The zero-order valence-electron chi connectivity index (χ0n) is 21.8. The van der Waals surface area contributed by atoms with Crippen LogP contribution in [0.15, 0.2) is 97.1 Å². The number of para-hydroxylation sites is 2. The van der Waals surface area contributed by atoms with Crippen molar-refractivity contribution >= 4 is 5.97 Å². The SMILES string of the molecule is Cc1cccc(Oc2ccccc2CN(CC[C@H](N)C(=O)O)Cc2ccccc2Oc2cccc(C)c2)c1. The number of benzene rings is 4. The van der Waals surface area contributed by atoms with Crippen molar-refractivity contribution in [1.82, 2.24) is 4.90 Å². The molecule has 0 aromatic heterocycles. The van der Waals surface area contributed by atoms with Crippen LogP contribution in [-0.4, -0.2) is 28.6 Å². The molecule has 0 amide bonds. The van der Waals surface area contributed by atoms with Gasteiger partial charge in [-0.05, 0) is 67.8 Å². The van der Waals surface area contributed by atoms with E-state index >= 15 is 0 Å². The molecule has 0 fully saturated rings. The maximum atomic E-state index is 11.4. The van der Waals surface area contributed by atoms with E-state index in [-0.39, 0.29) is 0 Å². The Balaban J connectivity index is 1.58. The lowest BCUT2D eigenvalue weighted by molar-refractivity contribution is -0.138. The highest BCUT2D eigenvalue weighted by molar-refractivity contribution is 5.73. The molecule has 0 heterocycles. The second-order valence-electron chi connectivity index (χ2n) is 9.50. The first-order valence-corrected chi connectivity index (χ1v) is 12.7. The predicted octanol–water partition coefficient (Wildman–Crippen LogP) is 6.69. The number of carboxylic acid groups (broad SMARTS) is 1. The molecule has 0 saturated heterocycles. The summed E-state index contributed by atoms with van der Waals surface area (Å²) in [7, 11) is 0. The van der Waals surface area contributed by atoms with Crippen LogP contribution in [0.25, 0.3) is 0 Å². The number of ether oxygens (including phenoxy) is 2. The van der Waals surface area contributed by atoms with Gasteiger partial charge in [0.2, 0.25) is 0 Å². The average molecular weight is 511 g/mol. The zero-order valence-corrected chi connectivity index (χ0v) is 21.8. The largest absolute Gasteiger partial charge is 0.480 e. The van der Waals surface area contributed by atoms with Crippen molar-refractivity contribution in [2.45, 2.75) is 39.4 Å². The lowest BCUT2D eigenvalue weighted by atomic mass is 10.1. The Hall–Kier alpha value is -4.13. The Morgan fingerprint density at radius 3 is 1.68 bits per heavy atom. The van der Waals surface area contributed by atoms with Gasteiger partial charge in [0, 0.05) is 30.8 Å². The van der Waals surface area contributed by atoms with Gasteiger partial charge >= 0.3 is 5.97 Å². The van der Waals surface area contributed by atoms with Gasteiger partial charge in [-0.3, -0.25) is 9.69 Å². The maximum Gasteiger partial charge on any atom is 0.320 e. The number of aliphatic carboxylic acids is 1. The van der Waals surface area contributed by atoms with E-state index in [4.69, 9.17) is 15.2 Å². The fourth-order valence-electron chi connectivity index (χ4n) is 4.22. The summed E-state index contributed by atoms with van der Waals surface area (Å²) in [4.78, 5) is 13.6. The minimum absolute atomic E-state index is 0.317. The number of nitrogens with zero attached hydrogens (tertiary/aromatic N) is 1. The monoisotopic (exact) mass is 510 g/mol. The van der Waals surface area contributed by atoms with E-state index in [9.17, 15) is 9.90 Å². The second kappa shape index (κ2) is 12.9. The Morgan fingerprint density at radius 2 is 1.24 bits per heavy atom. The van der Waals surface area contributed by atoms with Gasteiger partial charge in [0.1, 0.15) is 29.0 Å². The van der Waals surface area contributed by atoms with Crippen LogP contribution < -0.4 is 15.2 Å². The lowest BCUT2D eigenvalue weighted by Crippen LogP contribution is -2.35. The second-order valence-corrected chi connectivity index (χ2v) is 9.50. The third-order valence-electron chi connectivity index (χ3n) is 6.24. The number of nitrogens with two attached hydrogens (primary N) is 1. The van der Waals surface area contributed by atoms with Crippen LogP contribution in [0.3, 0.4) is 0 Å². The molecule has 0 spiro atoms. The molecule has 0 saturated carbocycles. The first-order chi connectivity index (χ1) is 18.4. The normalized spacial score (nSPS) is 11.8. The first-order valence-electron chi connectivity index (χ1n) is 12.7. The van der Waals surface area contributed by atoms with Crippen LogP contribution in [0.2, 0.25) is 0 Å². The molecule has 4 rings (SSSR count). The molecule has 1 atom stereocenters. The summed E-state index contributed by atoms with van der Waals surface area (Å²) in [5.74, 6) is 2.06. The number of carbonyl (C=O) groups is 1. The van der Waals surface area contributed by atoms with Gasteiger partial charge in [0.25, 0.3) is 0 Å². The third kappa shape index (κ3) is 7.68. The molecule has 4 aromatic rings. The van der Waals surface area contributed by atoms with E-state index < -0.39 is 12.0 Å². The molecule has 0 aliphatic rings. The first kappa shape index (κ1) is 26.9. The zero-order chi connectivity index (χ0) is 26.9. The minimum Gasteiger partial charge on any atom is -0.480 e. The van der Waals surface area contributed by atoms with Crippen molar-refractivity contribution in [2.24, 2.45) is 5.73 Å². The summed E-state index contributed by atoms with van der Waals surface area (Å²) < 4.78 is 12.5. The highest BCUT2D eigenvalue weighted by atomic mass is 16.5. The number of aryl methyl sites for hydroxylation is 2. The Morgan fingerprint density at radius 1 is 0.763 bits per heavy atom. The maximum absolute atomic E-state index is 11.4. The van der Waals surface area contributed by atoms with Crippen molar-refractivity contribution in [3.05, 3.63) is 119 Å². The van der Waals surface area contributed by atoms with E-state index in [1.807, 2.05) is 111 Å². The van der Waals surface area contributed by atoms with E-state index in [0.29, 0.717) is 26.1 Å². The van der Waals surface area contributed by atoms with Crippen LogP contribution in [-0.2, 0) is 17.9 Å². The van der Waals surface area contributed by atoms with Gasteiger partial charge < -0.3 is 20.3 Å². The van der Waals surface area contributed by atoms with E-state index in [1.165, 1.54) is 0 Å². The third-order valence-corrected chi connectivity index (χ3v) is 6.24. The summed E-state index contributed by atoms with van der Waals surface area (Å²) in [6.45, 7) is 5.65. The smallest absolute Gasteiger partial charge is 0.320 e. The molecule has 6 nitrogen and oxygen atoms in total.